The maximum atomic E-state index is 13.0. The number of aliphatic hydroxyl groups excluding tert-OH is 1. The van der Waals surface area contributed by atoms with E-state index >= 15 is 0 Å². The first-order valence-electron chi connectivity index (χ1n) is 33.7. The molecule has 0 rings (SSSR count). The first-order chi connectivity index (χ1) is 40.1. The van der Waals surface area contributed by atoms with E-state index in [1.54, 1.807) is 0 Å². The van der Waals surface area contributed by atoms with E-state index in [1.165, 1.54) is 135 Å². The lowest BCUT2D eigenvalue weighted by molar-refractivity contribution is -0.161. The number of ether oxygens (including phenoxy) is 4. The zero-order valence-corrected chi connectivity index (χ0v) is 55.1. The third-order valence-corrected chi connectivity index (χ3v) is 17.0. The van der Waals surface area contributed by atoms with Crippen molar-refractivity contribution in [2.45, 2.75) is 342 Å². The van der Waals surface area contributed by atoms with Crippen molar-refractivity contribution in [2.24, 2.45) is 5.92 Å². The number of hydrogen-bond acceptors (Lipinski definition) is 15. The number of esters is 4. The Bertz CT molecular complexity index is 1620. The standard InChI is InChI=1S/C64H124O17P2/c1-6-10-13-16-19-21-23-25-26-28-30-33-39-44-49-63(68)80-59(54-75-62(67)48-43-38-32-29-27-24-22-20-17-14-11-7-2)55-78-82(70,71)76-51-58(65)52-77-83(72,73)79-56-60(53-74-61(66)47-42-37-31-18-15-12-8-3)81-64(69)50-45-40-35-34-36-41-46-57(5)9-4/h57-60,65H,6-56H2,1-5H3,(H,70,71)(H,72,73)/t57?,58-,59-,60-/m1/s1. The van der Waals surface area contributed by atoms with Crippen LogP contribution in [0.15, 0.2) is 0 Å². The molecule has 83 heavy (non-hydrogen) atoms. The molecule has 0 spiro atoms. The van der Waals surface area contributed by atoms with Gasteiger partial charge in [-0.2, -0.15) is 0 Å². The Hall–Kier alpha value is -1.94. The first-order valence-corrected chi connectivity index (χ1v) is 36.7. The average molecular weight is 1230 g/mol. The van der Waals surface area contributed by atoms with E-state index in [0.29, 0.717) is 25.7 Å². The summed E-state index contributed by atoms with van der Waals surface area (Å²) in [5.41, 5.74) is 0. The Morgan fingerprint density at radius 3 is 0.855 bits per heavy atom. The van der Waals surface area contributed by atoms with E-state index in [1.807, 2.05) is 0 Å². The number of carbonyl (C=O) groups excluding carboxylic acids is 4. The lowest BCUT2D eigenvalue weighted by Gasteiger charge is -2.21. The largest absolute Gasteiger partial charge is 0.472 e. The third-order valence-electron chi connectivity index (χ3n) is 15.1. The summed E-state index contributed by atoms with van der Waals surface area (Å²) < 4.78 is 67.9. The Morgan fingerprint density at radius 2 is 0.578 bits per heavy atom. The van der Waals surface area contributed by atoms with Gasteiger partial charge in [0.2, 0.25) is 0 Å². The minimum atomic E-state index is -4.94. The van der Waals surface area contributed by atoms with E-state index < -0.39 is 97.5 Å². The van der Waals surface area contributed by atoms with E-state index in [2.05, 4.69) is 34.6 Å². The topological polar surface area (TPSA) is 237 Å². The van der Waals surface area contributed by atoms with Crippen LogP contribution in [0.1, 0.15) is 324 Å². The second-order valence-corrected chi connectivity index (χ2v) is 26.3. The van der Waals surface area contributed by atoms with Crippen LogP contribution in [0.25, 0.3) is 0 Å². The molecule has 0 aromatic heterocycles. The Morgan fingerprint density at radius 1 is 0.337 bits per heavy atom. The monoisotopic (exact) mass is 1230 g/mol. The summed E-state index contributed by atoms with van der Waals surface area (Å²) >= 11 is 0. The molecule has 0 aliphatic rings. The van der Waals surface area contributed by atoms with Gasteiger partial charge >= 0.3 is 39.5 Å². The number of carbonyl (C=O) groups is 4. The van der Waals surface area contributed by atoms with Crippen molar-refractivity contribution >= 4 is 39.5 Å². The smallest absolute Gasteiger partial charge is 0.462 e. The van der Waals surface area contributed by atoms with E-state index in [4.69, 9.17) is 37.0 Å². The molecule has 0 saturated heterocycles. The molecule has 0 aromatic rings. The Labute approximate surface area is 505 Å². The van der Waals surface area contributed by atoms with Crippen LogP contribution in [0.4, 0.5) is 0 Å². The van der Waals surface area contributed by atoms with Crippen molar-refractivity contribution in [3.05, 3.63) is 0 Å². The fourth-order valence-electron chi connectivity index (χ4n) is 9.55. The number of hydrogen-bond donors (Lipinski definition) is 3. The fraction of sp³-hybridized carbons (Fsp3) is 0.938. The molecule has 0 aliphatic carbocycles. The van der Waals surface area contributed by atoms with Crippen molar-refractivity contribution in [2.75, 3.05) is 39.6 Å². The Balaban J connectivity index is 5.22. The van der Waals surface area contributed by atoms with Gasteiger partial charge in [0.1, 0.15) is 19.3 Å². The van der Waals surface area contributed by atoms with Crippen molar-refractivity contribution in [1.82, 2.24) is 0 Å². The predicted molar refractivity (Wildman–Crippen MR) is 331 cm³/mol. The lowest BCUT2D eigenvalue weighted by Crippen LogP contribution is -2.30. The maximum Gasteiger partial charge on any atom is 0.472 e. The van der Waals surface area contributed by atoms with Crippen LogP contribution in [0.3, 0.4) is 0 Å². The molecule has 0 amide bonds. The van der Waals surface area contributed by atoms with Gasteiger partial charge in [0.05, 0.1) is 26.4 Å². The van der Waals surface area contributed by atoms with Gasteiger partial charge < -0.3 is 33.8 Å². The minimum absolute atomic E-state index is 0.103. The molecule has 0 heterocycles. The summed E-state index contributed by atoms with van der Waals surface area (Å²) in [4.78, 5) is 72.1. The molecule has 0 bridgehead atoms. The van der Waals surface area contributed by atoms with Crippen molar-refractivity contribution in [3.8, 4) is 0 Å². The summed E-state index contributed by atoms with van der Waals surface area (Å²) in [5.74, 6) is -1.42. The zero-order chi connectivity index (χ0) is 61.3. The molecule has 492 valence electrons. The second kappa shape index (κ2) is 57.8. The molecule has 0 radical (unpaired) electrons. The minimum Gasteiger partial charge on any atom is -0.462 e. The van der Waals surface area contributed by atoms with Crippen LogP contribution < -0.4 is 0 Å². The van der Waals surface area contributed by atoms with Crippen LogP contribution in [-0.2, 0) is 65.4 Å². The van der Waals surface area contributed by atoms with Crippen molar-refractivity contribution in [3.63, 3.8) is 0 Å². The van der Waals surface area contributed by atoms with Crippen LogP contribution in [-0.4, -0.2) is 96.7 Å². The van der Waals surface area contributed by atoms with Crippen LogP contribution >= 0.6 is 15.6 Å². The highest BCUT2D eigenvalue weighted by Gasteiger charge is 2.30. The molecule has 0 aromatic carbocycles. The van der Waals surface area contributed by atoms with Gasteiger partial charge in [-0.05, 0) is 31.6 Å². The summed E-state index contributed by atoms with van der Waals surface area (Å²) in [5, 5.41) is 10.5. The van der Waals surface area contributed by atoms with Gasteiger partial charge in [-0.15, -0.1) is 0 Å². The maximum absolute atomic E-state index is 13.0. The number of rotatable bonds is 64. The van der Waals surface area contributed by atoms with Crippen LogP contribution in [0, 0.1) is 5.92 Å². The number of phosphoric acid groups is 2. The fourth-order valence-corrected chi connectivity index (χ4v) is 11.1. The predicted octanol–water partition coefficient (Wildman–Crippen LogP) is 17.8. The first kappa shape index (κ1) is 81.1. The molecule has 17 nitrogen and oxygen atoms in total. The van der Waals surface area contributed by atoms with E-state index in [9.17, 15) is 43.2 Å². The van der Waals surface area contributed by atoms with Gasteiger partial charge in [-0.1, -0.05) is 272 Å². The normalized spacial score (nSPS) is 14.6. The van der Waals surface area contributed by atoms with Gasteiger partial charge in [0.15, 0.2) is 12.2 Å². The van der Waals surface area contributed by atoms with Crippen LogP contribution in [0.5, 0.6) is 0 Å². The number of phosphoric ester groups is 2. The molecule has 0 aliphatic heterocycles. The molecular weight excluding hydrogens is 1100 g/mol. The summed E-state index contributed by atoms with van der Waals surface area (Å²) in [6, 6.07) is 0. The zero-order valence-electron chi connectivity index (χ0n) is 53.3. The molecule has 3 N–H and O–H groups in total. The molecule has 6 atom stereocenters. The van der Waals surface area contributed by atoms with Crippen molar-refractivity contribution in [1.29, 1.82) is 0 Å². The highest BCUT2D eigenvalue weighted by atomic mass is 31.2. The lowest BCUT2D eigenvalue weighted by atomic mass is 10.00. The van der Waals surface area contributed by atoms with Crippen LogP contribution in [0.2, 0.25) is 0 Å². The molecule has 0 saturated carbocycles. The van der Waals surface area contributed by atoms with Gasteiger partial charge in [0.25, 0.3) is 0 Å². The molecule has 3 unspecified atom stereocenters. The molecular formula is C64H124O17P2. The Kier molecular flexibility index (Phi) is 56.4. The average Bonchev–Trinajstić information content (AvgIpc) is 3.46. The summed E-state index contributed by atoms with van der Waals surface area (Å²) in [7, 11) is -9.88. The number of aliphatic hydroxyl groups is 1. The van der Waals surface area contributed by atoms with Gasteiger partial charge in [-0.3, -0.25) is 37.3 Å². The molecule has 0 fully saturated rings. The highest BCUT2D eigenvalue weighted by Crippen LogP contribution is 2.45. The summed E-state index contributed by atoms with van der Waals surface area (Å²) in [6.45, 7) is 7.11. The number of unbranched alkanes of at least 4 members (excludes halogenated alkanes) is 35. The van der Waals surface area contributed by atoms with Crippen molar-refractivity contribution < 1.29 is 80.2 Å². The van der Waals surface area contributed by atoms with Gasteiger partial charge in [0, 0.05) is 25.7 Å². The SMILES string of the molecule is CCCCCCCCCCCCCCCCC(=O)O[C@H](COC(=O)CCCCCCCCCCCCCC)COP(=O)(O)OC[C@@H](O)COP(=O)(O)OC[C@@H](COC(=O)CCCCCCCCC)OC(=O)CCCCCCCCC(C)CC. The highest BCUT2D eigenvalue weighted by molar-refractivity contribution is 7.47. The quantitative estimate of drug-likeness (QED) is 0.0222. The molecule has 19 heteroatoms. The second-order valence-electron chi connectivity index (χ2n) is 23.4. The van der Waals surface area contributed by atoms with E-state index in [-0.39, 0.29) is 25.7 Å². The third kappa shape index (κ3) is 57.6. The van der Waals surface area contributed by atoms with Gasteiger partial charge in [-0.25, -0.2) is 9.13 Å². The summed E-state index contributed by atoms with van der Waals surface area (Å²) in [6.07, 6.45) is 41.7. The van der Waals surface area contributed by atoms with E-state index in [0.717, 1.165) is 109 Å².